The summed E-state index contributed by atoms with van der Waals surface area (Å²) in [4.78, 5) is 4.39. The summed E-state index contributed by atoms with van der Waals surface area (Å²) in [5, 5.41) is 1.04. The minimum atomic E-state index is 0.186. The van der Waals surface area contributed by atoms with Gasteiger partial charge in [0.05, 0.1) is 11.6 Å². The number of benzene rings is 1. The van der Waals surface area contributed by atoms with Crippen LogP contribution in [-0.4, -0.2) is 11.1 Å². The van der Waals surface area contributed by atoms with Crippen molar-refractivity contribution in [2.75, 3.05) is 0 Å². The topological polar surface area (TPSA) is 48.1 Å². The number of para-hydroxylation sites is 1. The molecule has 0 saturated heterocycles. The number of aromatic nitrogens is 1. The Morgan fingerprint density at radius 3 is 2.82 bits per heavy atom. The van der Waals surface area contributed by atoms with Crippen LogP contribution >= 0.6 is 0 Å². The highest BCUT2D eigenvalue weighted by atomic mass is 16.5. The molecule has 0 saturated carbocycles. The van der Waals surface area contributed by atoms with Gasteiger partial charge < -0.3 is 10.5 Å². The number of pyridine rings is 1. The Morgan fingerprint density at radius 2 is 2.12 bits per heavy atom. The van der Waals surface area contributed by atoms with Crippen molar-refractivity contribution in [1.29, 1.82) is 0 Å². The van der Waals surface area contributed by atoms with E-state index < -0.39 is 0 Å². The van der Waals surface area contributed by atoms with Crippen molar-refractivity contribution < 1.29 is 4.74 Å². The van der Waals surface area contributed by atoms with Gasteiger partial charge in [-0.1, -0.05) is 19.1 Å². The summed E-state index contributed by atoms with van der Waals surface area (Å²) in [6.07, 6.45) is 2.96. The molecule has 0 bridgehead atoms. The minimum Gasteiger partial charge on any atom is -0.490 e. The quantitative estimate of drug-likeness (QED) is 0.878. The summed E-state index contributed by atoms with van der Waals surface area (Å²) in [6.45, 7) is 4.62. The lowest BCUT2D eigenvalue weighted by atomic mass is 10.1. The lowest BCUT2D eigenvalue weighted by molar-refractivity contribution is 0.218. The Bertz CT molecular complexity index is 511. The lowest BCUT2D eigenvalue weighted by Crippen LogP contribution is -2.13. The number of hydrogen-bond acceptors (Lipinski definition) is 3. The third kappa shape index (κ3) is 2.39. The lowest BCUT2D eigenvalue weighted by Gasteiger charge is -2.17. The summed E-state index contributed by atoms with van der Waals surface area (Å²) in [5.41, 5.74) is 7.65. The van der Waals surface area contributed by atoms with Crippen LogP contribution in [0.25, 0.3) is 10.9 Å². The molecule has 3 heteroatoms. The maximum Gasteiger partial charge on any atom is 0.135 e. The second kappa shape index (κ2) is 5.15. The zero-order valence-corrected chi connectivity index (χ0v) is 10.3. The predicted molar refractivity (Wildman–Crippen MR) is 70.0 cm³/mol. The van der Waals surface area contributed by atoms with Gasteiger partial charge in [0.15, 0.2) is 0 Å². The van der Waals surface area contributed by atoms with Crippen LogP contribution in [-0.2, 0) is 6.54 Å². The molecule has 0 aliphatic rings. The van der Waals surface area contributed by atoms with Gasteiger partial charge in [0.1, 0.15) is 5.75 Å². The summed E-state index contributed by atoms with van der Waals surface area (Å²) in [7, 11) is 0. The average Bonchev–Trinajstić information content (AvgIpc) is 2.39. The van der Waals surface area contributed by atoms with E-state index in [9.17, 15) is 0 Å². The van der Waals surface area contributed by atoms with Crippen molar-refractivity contribution in [3.8, 4) is 5.75 Å². The monoisotopic (exact) mass is 230 g/mol. The Morgan fingerprint density at radius 1 is 1.35 bits per heavy atom. The molecule has 3 nitrogen and oxygen atoms in total. The van der Waals surface area contributed by atoms with Crippen LogP contribution in [0.5, 0.6) is 5.75 Å². The van der Waals surface area contributed by atoms with Gasteiger partial charge in [0, 0.05) is 23.7 Å². The van der Waals surface area contributed by atoms with Gasteiger partial charge in [-0.15, -0.1) is 0 Å². The first-order valence-corrected chi connectivity index (χ1v) is 5.99. The molecule has 1 heterocycles. The molecule has 1 unspecified atom stereocenters. The summed E-state index contributed by atoms with van der Waals surface area (Å²) in [5.74, 6) is 0.882. The van der Waals surface area contributed by atoms with Crippen molar-refractivity contribution in [3.63, 3.8) is 0 Å². The van der Waals surface area contributed by atoms with E-state index in [1.807, 2.05) is 24.3 Å². The van der Waals surface area contributed by atoms with Gasteiger partial charge >= 0.3 is 0 Å². The minimum absolute atomic E-state index is 0.186. The number of fused-ring (bicyclic) bond motifs is 1. The van der Waals surface area contributed by atoms with Gasteiger partial charge in [-0.2, -0.15) is 0 Å². The van der Waals surface area contributed by atoms with Gasteiger partial charge in [-0.3, -0.25) is 4.98 Å². The highest BCUT2D eigenvalue weighted by molar-refractivity contribution is 5.86. The Labute approximate surface area is 102 Å². The fourth-order valence-electron chi connectivity index (χ4n) is 1.73. The van der Waals surface area contributed by atoms with E-state index in [1.165, 1.54) is 0 Å². The Hall–Kier alpha value is -1.61. The normalized spacial score (nSPS) is 12.6. The molecule has 2 aromatic rings. The molecule has 1 atom stereocenters. The molecule has 1 aromatic carbocycles. The maximum atomic E-state index is 5.98. The van der Waals surface area contributed by atoms with E-state index in [1.54, 1.807) is 6.20 Å². The van der Waals surface area contributed by atoms with Crippen molar-refractivity contribution in [2.45, 2.75) is 32.9 Å². The summed E-state index contributed by atoms with van der Waals surface area (Å²) >= 11 is 0. The van der Waals surface area contributed by atoms with Crippen molar-refractivity contribution in [1.82, 2.24) is 4.98 Å². The summed E-state index contributed by atoms with van der Waals surface area (Å²) in [6, 6.07) is 7.98. The van der Waals surface area contributed by atoms with Crippen LogP contribution in [0.4, 0.5) is 0 Å². The number of nitrogens with two attached hydrogens (primary N) is 1. The van der Waals surface area contributed by atoms with Crippen LogP contribution in [0.15, 0.2) is 30.5 Å². The molecule has 0 radical (unpaired) electrons. The van der Waals surface area contributed by atoms with E-state index in [-0.39, 0.29) is 6.10 Å². The SMILES string of the molecule is CCC(C)Oc1c(CN)cnc2ccccc12. The van der Waals surface area contributed by atoms with Crippen LogP contribution < -0.4 is 10.5 Å². The molecule has 0 spiro atoms. The standard InChI is InChI=1S/C14H18N2O/c1-3-10(2)17-14-11(8-15)9-16-13-7-5-4-6-12(13)14/h4-7,9-10H,3,8,15H2,1-2H3. The molecule has 17 heavy (non-hydrogen) atoms. The predicted octanol–water partition coefficient (Wildman–Crippen LogP) is 2.87. The van der Waals surface area contributed by atoms with Crippen molar-refractivity contribution in [3.05, 3.63) is 36.0 Å². The summed E-state index contributed by atoms with van der Waals surface area (Å²) < 4.78 is 5.98. The first-order chi connectivity index (χ1) is 8.26. The molecule has 0 fully saturated rings. The van der Waals surface area contributed by atoms with Gasteiger partial charge in [-0.05, 0) is 25.5 Å². The van der Waals surface area contributed by atoms with Gasteiger partial charge in [-0.25, -0.2) is 0 Å². The smallest absolute Gasteiger partial charge is 0.135 e. The van der Waals surface area contributed by atoms with E-state index in [0.717, 1.165) is 28.6 Å². The molecular weight excluding hydrogens is 212 g/mol. The van der Waals surface area contributed by atoms with E-state index >= 15 is 0 Å². The molecule has 0 aliphatic carbocycles. The molecule has 90 valence electrons. The Balaban J connectivity index is 2.54. The number of ether oxygens (including phenoxy) is 1. The Kier molecular flexibility index (Phi) is 3.59. The molecule has 0 amide bonds. The van der Waals surface area contributed by atoms with Crippen LogP contribution in [0.3, 0.4) is 0 Å². The van der Waals surface area contributed by atoms with Gasteiger partial charge in [0.25, 0.3) is 0 Å². The van der Waals surface area contributed by atoms with Crippen LogP contribution in [0.2, 0.25) is 0 Å². The number of rotatable bonds is 4. The second-order valence-corrected chi connectivity index (χ2v) is 4.17. The third-order valence-electron chi connectivity index (χ3n) is 2.91. The average molecular weight is 230 g/mol. The molecule has 2 N–H and O–H groups in total. The van der Waals surface area contributed by atoms with Crippen LogP contribution in [0, 0.1) is 0 Å². The van der Waals surface area contributed by atoms with Crippen LogP contribution in [0.1, 0.15) is 25.8 Å². The zero-order chi connectivity index (χ0) is 12.3. The number of hydrogen-bond donors (Lipinski definition) is 1. The highest BCUT2D eigenvalue weighted by Gasteiger charge is 2.11. The number of nitrogens with zero attached hydrogens (tertiary/aromatic N) is 1. The fourth-order valence-corrected chi connectivity index (χ4v) is 1.73. The fraction of sp³-hybridized carbons (Fsp3) is 0.357. The van der Waals surface area contributed by atoms with Crippen molar-refractivity contribution >= 4 is 10.9 Å². The first-order valence-electron chi connectivity index (χ1n) is 5.99. The van der Waals surface area contributed by atoms with Crippen molar-refractivity contribution in [2.24, 2.45) is 5.73 Å². The largest absolute Gasteiger partial charge is 0.490 e. The highest BCUT2D eigenvalue weighted by Crippen LogP contribution is 2.29. The molecular formula is C14H18N2O. The molecule has 2 rings (SSSR count). The van der Waals surface area contributed by atoms with E-state index in [4.69, 9.17) is 10.5 Å². The molecule has 1 aromatic heterocycles. The van der Waals surface area contributed by atoms with Gasteiger partial charge in [0.2, 0.25) is 0 Å². The first kappa shape index (κ1) is 11.9. The van der Waals surface area contributed by atoms with E-state index in [0.29, 0.717) is 6.54 Å². The molecule has 0 aliphatic heterocycles. The maximum absolute atomic E-state index is 5.98. The third-order valence-corrected chi connectivity index (χ3v) is 2.91. The van der Waals surface area contributed by atoms with E-state index in [2.05, 4.69) is 18.8 Å². The zero-order valence-electron chi connectivity index (χ0n) is 10.3. The second-order valence-electron chi connectivity index (χ2n) is 4.17.